The molecule has 0 radical (unpaired) electrons. The van der Waals surface area contributed by atoms with E-state index in [0.717, 1.165) is 46.1 Å². The number of aliphatic hydroxyl groups is 2. The Morgan fingerprint density at radius 1 is 1.26 bits per heavy atom. The molecule has 0 bridgehead atoms. The number of aryl methyl sites for hydroxylation is 3. The van der Waals surface area contributed by atoms with Crippen LogP contribution in [0.15, 0.2) is 6.07 Å². The molecule has 2 aromatic rings. The van der Waals surface area contributed by atoms with Crippen LogP contribution in [0.4, 0.5) is 0 Å². The normalized spacial score (nSPS) is 21.5. The highest BCUT2D eigenvalue weighted by atomic mass is 32.1. The zero-order valence-electron chi connectivity index (χ0n) is 19.5. The molecule has 2 N–H and O–H groups in total. The molecule has 3 atom stereocenters. The average molecular weight is 443 g/mol. The molecule has 5 heteroatoms. The Labute approximate surface area is 189 Å². The van der Waals surface area contributed by atoms with Crippen molar-refractivity contribution in [1.82, 2.24) is 0 Å². The van der Waals surface area contributed by atoms with Gasteiger partial charge in [0.05, 0.1) is 11.5 Å². The molecular formula is C26H34O4S. The minimum Gasteiger partial charge on any atom is -0.490 e. The molecule has 0 spiro atoms. The van der Waals surface area contributed by atoms with Crippen molar-refractivity contribution in [2.45, 2.75) is 72.8 Å². The number of carbonyl (C=O) groups excluding carboxylic acids is 1. The molecular weight excluding hydrogens is 408 g/mol. The minimum atomic E-state index is -0.885. The van der Waals surface area contributed by atoms with Crippen molar-refractivity contribution in [3.63, 3.8) is 0 Å². The zero-order chi connectivity index (χ0) is 22.7. The number of ketones is 1. The van der Waals surface area contributed by atoms with Crippen molar-refractivity contribution in [2.24, 2.45) is 11.3 Å². The number of hydrogen-bond acceptors (Lipinski definition) is 5. The van der Waals surface area contributed by atoms with Gasteiger partial charge in [-0.1, -0.05) is 19.9 Å². The summed E-state index contributed by atoms with van der Waals surface area (Å²) in [5.74, 6) is 2.41. The second kappa shape index (κ2) is 8.02. The lowest BCUT2D eigenvalue weighted by molar-refractivity contribution is 0.0531. The van der Waals surface area contributed by atoms with E-state index in [-0.39, 0.29) is 19.0 Å². The average Bonchev–Trinajstić information content (AvgIpc) is 3.05. The molecule has 1 fully saturated rings. The Balaban J connectivity index is 1.47. The van der Waals surface area contributed by atoms with Crippen LogP contribution in [0.3, 0.4) is 0 Å². The molecule has 31 heavy (non-hydrogen) atoms. The molecule has 0 saturated heterocycles. The van der Waals surface area contributed by atoms with Crippen molar-refractivity contribution in [1.29, 1.82) is 0 Å². The van der Waals surface area contributed by atoms with Gasteiger partial charge in [-0.05, 0) is 91.2 Å². The SMILES string of the molecule is Cc1cc(CCC(=O)c2sc(C)c3c2C[C@@H]2[C@H]3C2(C)C)c(C)c(C)c1OC[C@@H](O)CO. The Morgan fingerprint density at radius 3 is 2.65 bits per heavy atom. The van der Waals surface area contributed by atoms with Crippen LogP contribution < -0.4 is 4.74 Å². The molecule has 1 aromatic carbocycles. The van der Waals surface area contributed by atoms with Crippen molar-refractivity contribution >= 4 is 17.1 Å². The lowest BCUT2D eigenvalue weighted by Crippen LogP contribution is -2.22. The number of benzene rings is 1. The van der Waals surface area contributed by atoms with E-state index in [2.05, 4.69) is 33.8 Å². The quantitative estimate of drug-likeness (QED) is 0.575. The molecule has 1 saturated carbocycles. The predicted octanol–water partition coefficient (Wildman–Crippen LogP) is 4.82. The fourth-order valence-corrected chi connectivity index (χ4v) is 6.77. The Hall–Kier alpha value is -1.69. The van der Waals surface area contributed by atoms with E-state index in [9.17, 15) is 9.90 Å². The van der Waals surface area contributed by atoms with Gasteiger partial charge >= 0.3 is 0 Å². The van der Waals surface area contributed by atoms with Crippen LogP contribution in [0, 0.1) is 39.0 Å². The van der Waals surface area contributed by atoms with Crippen molar-refractivity contribution < 1.29 is 19.7 Å². The number of thiophene rings is 1. The molecule has 168 valence electrons. The summed E-state index contributed by atoms with van der Waals surface area (Å²) < 4.78 is 5.76. The van der Waals surface area contributed by atoms with E-state index in [1.807, 2.05) is 13.8 Å². The van der Waals surface area contributed by atoms with Gasteiger partial charge in [-0.3, -0.25) is 4.79 Å². The second-order valence-electron chi connectivity index (χ2n) is 9.99. The van der Waals surface area contributed by atoms with Gasteiger partial charge in [-0.15, -0.1) is 11.3 Å². The van der Waals surface area contributed by atoms with Gasteiger partial charge in [-0.25, -0.2) is 0 Å². The first kappa shape index (κ1) is 22.5. The maximum absolute atomic E-state index is 13.2. The van der Waals surface area contributed by atoms with E-state index in [1.54, 1.807) is 11.3 Å². The third kappa shape index (κ3) is 3.75. The van der Waals surface area contributed by atoms with Crippen LogP contribution in [-0.4, -0.2) is 35.3 Å². The van der Waals surface area contributed by atoms with E-state index in [1.165, 1.54) is 21.6 Å². The number of rotatable bonds is 8. The van der Waals surface area contributed by atoms with Gasteiger partial charge in [0, 0.05) is 11.3 Å². The van der Waals surface area contributed by atoms with Crippen LogP contribution in [0.25, 0.3) is 0 Å². The number of aliphatic hydroxyl groups excluding tert-OH is 2. The molecule has 0 aliphatic heterocycles. The van der Waals surface area contributed by atoms with Crippen molar-refractivity contribution in [3.8, 4) is 5.75 Å². The number of hydrogen-bond donors (Lipinski definition) is 2. The third-order valence-corrected chi connectivity index (χ3v) is 8.86. The fraction of sp³-hybridized carbons (Fsp3) is 0.577. The number of fused-ring (bicyclic) bond motifs is 3. The first-order chi connectivity index (χ1) is 14.6. The molecule has 0 amide bonds. The summed E-state index contributed by atoms with van der Waals surface area (Å²) in [4.78, 5) is 15.5. The number of Topliss-reactive ketones (excluding diaryl/α,β-unsaturated/α-hetero) is 1. The molecule has 2 aliphatic carbocycles. The zero-order valence-corrected chi connectivity index (χ0v) is 20.3. The summed E-state index contributed by atoms with van der Waals surface area (Å²) in [6.07, 6.45) is 1.43. The monoisotopic (exact) mass is 442 g/mol. The summed E-state index contributed by atoms with van der Waals surface area (Å²) in [5, 5.41) is 18.6. The topological polar surface area (TPSA) is 66.8 Å². The minimum absolute atomic E-state index is 0.0666. The first-order valence-corrected chi connectivity index (χ1v) is 12.1. The smallest absolute Gasteiger partial charge is 0.173 e. The standard InChI is InChI=1S/C26H34O4S/c1-13-9-17(14(2)15(3)24(13)30-12-18(28)11-27)7-8-21(29)25-19-10-20-23(26(20,5)6)22(19)16(4)31-25/h9,18,20,23,27-28H,7-8,10-12H2,1-6H3/t18-,20+,23+/m0/s1. The maximum atomic E-state index is 13.2. The third-order valence-electron chi connectivity index (χ3n) is 7.66. The molecule has 1 aromatic heterocycles. The molecule has 4 nitrogen and oxygen atoms in total. The Bertz CT molecular complexity index is 1030. The molecule has 2 aliphatic rings. The van der Waals surface area contributed by atoms with Crippen LogP contribution in [0.2, 0.25) is 0 Å². The summed E-state index contributed by atoms with van der Waals surface area (Å²) in [5.41, 5.74) is 7.56. The highest BCUT2D eigenvalue weighted by Crippen LogP contribution is 2.71. The molecule has 4 rings (SSSR count). The van der Waals surface area contributed by atoms with E-state index in [4.69, 9.17) is 9.84 Å². The van der Waals surface area contributed by atoms with Gasteiger partial charge in [0.15, 0.2) is 5.78 Å². The predicted molar refractivity (Wildman–Crippen MR) is 125 cm³/mol. The maximum Gasteiger partial charge on any atom is 0.173 e. The molecule has 0 unspecified atom stereocenters. The second-order valence-corrected chi connectivity index (χ2v) is 11.2. The lowest BCUT2D eigenvalue weighted by Gasteiger charge is -2.18. The van der Waals surface area contributed by atoms with Gasteiger partial charge in [0.25, 0.3) is 0 Å². The van der Waals surface area contributed by atoms with Gasteiger partial charge in [0.2, 0.25) is 0 Å². The van der Waals surface area contributed by atoms with Crippen LogP contribution >= 0.6 is 11.3 Å². The molecule has 1 heterocycles. The van der Waals surface area contributed by atoms with E-state index < -0.39 is 6.10 Å². The lowest BCUT2D eigenvalue weighted by atomic mass is 9.92. The number of ether oxygens (including phenoxy) is 1. The van der Waals surface area contributed by atoms with Crippen molar-refractivity contribution in [2.75, 3.05) is 13.2 Å². The van der Waals surface area contributed by atoms with Gasteiger partial charge in [0.1, 0.15) is 18.5 Å². The van der Waals surface area contributed by atoms with Crippen molar-refractivity contribution in [3.05, 3.63) is 49.2 Å². The van der Waals surface area contributed by atoms with E-state index in [0.29, 0.717) is 17.8 Å². The van der Waals surface area contributed by atoms with Crippen LogP contribution in [0.5, 0.6) is 5.75 Å². The Kier molecular flexibility index (Phi) is 5.82. The summed E-state index contributed by atoms with van der Waals surface area (Å²) >= 11 is 1.70. The van der Waals surface area contributed by atoms with Gasteiger partial charge < -0.3 is 14.9 Å². The van der Waals surface area contributed by atoms with Crippen LogP contribution in [-0.2, 0) is 12.8 Å². The highest BCUT2D eigenvalue weighted by Gasteiger charge is 2.63. The summed E-state index contributed by atoms with van der Waals surface area (Å²) in [6, 6.07) is 2.10. The Morgan fingerprint density at radius 2 is 1.97 bits per heavy atom. The van der Waals surface area contributed by atoms with Crippen LogP contribution in [0.1, 0.15) is 74.1 Å². The fourth-order valence-electron chi connectivity index (χ4n) is 5.57. The number of carbonyl (C=O) groups is 1. The summed E-state index contributed by atoms with van der Waals surface area (Å²) in [7, 11) is 0. The van der Waals surface area contributed by atoms with Gasteiger partial charge in [-0.2, -0.15) is 0 Å². The van der Waals surface area contributed by atoms with E-state index >= 15 is 0 Å². The highest BCUT2D eigenvalue weighted by molar-refractivity contribution is 7.14. The largest absolute Gasteiger partial charge is 0.490 e. The first-order valence-electron chi connectivity index (χ1n) is 11.2. The summed E-state index contributed by atoms with van der Waals surface area (Å²) in [6.45, 7) is 12.7.